The Morgan fingerprint density at radius 1 is 1.07 bits per heavy atom. The van der Waals surface area contributed by atoms with Crippen LogP contribution in [0, 0.1) is 5.82 Å². The molecule has 0 saturated heterocycles. The Labute approximate surface area is 177 Å². The van der Waals surface area contributed by atoms with Crippen molar-refractivity contribution in [2.45, 2.75) is 0 Å². The normalized spacial score (nSPS) is 10.6. The fraction of sp³-hybridized carbons (Fsp3) is 0. The number of hydrazone groups is 1. The third-order valence-electron chi connectivity index (χ3n) is 3.63. The predicted molar refractivity (Wildman–Crippen MR) is 116 cm³/mol. The van der Waals surface area contributed by atoms with E-state index in [2.05, 4.69) is 15.8 Å². The number of esters is 1. The summed E-state index contributed by atoms with van der Waals surface area (Å²) >= 11 is 10.9. The Hall–Kier alpha value is -3.29. The summed E-state index contributed by atoms with van der Waals surface area (Å²) in [6, 6.07) is 19.1. The topological polar surface area (TPSA) is 62.7 Å². The summed E-state index contributed by atoms with van der Waals surface area (Å²) in [4.78, 5) is 12.2. The van der Waals surface area contributed by atoms with Crippen molar-refractivity contribution < 1.29 is 13.9 Å². The van der Waals surface area contributed by atoms with Gasteiger partial charge in [-0.15, -0.1) is 0 Å². The van der Waals surface area contributed by atoms with E-state index in [1.807, 2.05) is 0 Å². The van der Waals surface area contributed by atoms with E-state index in [9.17, 15) is 9.18 Å². The van der Waals surface area contributed by atoms with Gasteiger partial charge in [-0.2, -0.15) is 5.10 Å². The van der Waals surface area contributed by atoms with Gasteiger partial charge in [-0.1, -0.05) is 23.7 Å². The fourth-order valence-electron chi connectivity index (χ4n) is 2.27. The van der Waals surface area contributed by atoms with E-state index in [1.54, 1.807) is 60.7 Å². The minimum Gasteiger partial charge on any atom is -0.423 e. The number of hydrogen-bond acceptors (Lipinski definition) is 4. The number of rotatable bonds is 5. The summed E-state index contributed by atoms with van der Waals surface area (Å²) in [6.07, 6.45) is 1.53. The lowest BCUT2D eigenvalue weighted by Gasteiger charge is -2.07. The van der Waals surface area contributed by atoms with E-state index >= 15 is 0 Å². The van der Waals surface area contributed by atoms with Gasteiger partial charge in [0.25, 0.3) is 0 Å². The Bertz CT molecular complexity index is 1040. The molecule has 0 amide bonds. The number of thiocarbonyl (C=S) groups is 1. The first-order chi connectivity index (χ1) is 14.0. The quantitative estimate of drug-likeness (QED) is 0.197. The molecule has 0 radical (unpaired) electrons. The van der Waals surface area contributed by atoms with Crippen molar-refractivity contribution in [3.8, 4) is 5.75 Å². The lowest BCUT2D eigenvalue weighted by molar-refractivity contribution is 0.0735. The minimum atomic E-state index is -0.487. The first kappa shape index (κ1) is 20.4. The molecule has 0 aliphatic heterocycles. The van der Waals surface area contributed by atoms with Crippen molar-refractivity contribution in [2.75, 3.05) is 5.32 Å². The zero-order chi connectivity index (χ0) is 20.6. The molecule has 2 N–H and O–H groups in total. The van der Waals surface area contributed by atoms with E-state index in [0.29, 0.717) is 27.6 Å². The van der Waals surface area contributed by atoms with Crippen molar-refractivity contribution in [2.24, 2.45) is 5.10 Å². The van der Waals surface area contributed by atoms with E-state index in [4.69, 9.17) is 28.6 Å². The number of benzene rings is 3. The molecule has 0 spiro atoms. The third-order valence-corrected chi connectivity index (χ3v) is 4.08. The van der Waals surface area contributed by atoms with Gasteiger partial charge >= 0.3 is 5.97 Å². The van der Waals surface area contributed by atoms with Crippen LogP contribution in [-0.2, 0) is 0 Å². The average molecular weight is 428 g/mol. The lowest BCUT2D eigenvalue weighted by atomic mass is 10.2. The second-order valence-electron chi connectivity index (χ2n) is 5.80. The number of anilines is 1. The summed E-state index contributed by atoms with van der Waals surface area (Å²) in [5.41, 5.74) is 4.39. The molecule has 0 fully saturated rings. The predicted octanol–water partition coefficient (Wildman–Crippen LogP) is 5.02. The molecule has 0 aromatic heterocycles. The van der Waals surface area contributed by atoms with Crippen LogP contribution in [0.2, 0.25) is 5.02 Å². The van der Waals surface area contributed by atoms with Crippen LogP contribution in [0.5, 0.6) is 5.75 Å². The molecule has 146 valence electrons. The highest BCUT2D eigenvalue weighted by Crippen LogP contribution is 2.16. The molecule has 0 heterocycles. The lowest BCUT2D eigenvalue weighted by Crippen LogP contribution is -2.23. The highest BCUT2D eigenvalue weighted by molar-refractivity contribution is 7.80. The van der Waals surface area contributed by atoms with Crippen LogP contribution in [-0.4, -0.2) is 17.3 Å². The van der Waals surface area contributed by atoms with Gasteiger partial charge in [-0.05, 0) is 78.4 Å². The number of nitrogens with one attached hydrogen (secondary N) is 2. The van der Waals surface area contributed by atoms with Gasteiger partial charge in [0.1, 0.15) is 11.6 Å². The molecule has 29 heavy (non-hydrogen) atoms. The molecule has 3 aromatic carbocycles. The molecule has 5 nitrogen and oxygen atoms in total. The first-order valence-corrected chi connectivity index (χ1v) is 9.22. The second kappa shape index (κ2) is 9.77. The fourth-order valence-corrected chi connectivity index (χ4v) is 2.56. The first-order valence-electron chi connectivity index (χ1n) is 8.43. The van der Waals surface area contributed by atoms with Crippen molar-refractivity contribution in [1.29, 1.82) is 0 Å². The molecule has 0 aliphatic carbocycles. The van der Waals surface area contributed by atoms with E-state index < -0.39 is 5.97 Å². The number of carbonyl (C=O) groups excluding carboxylic acids is 1. The number of ether oxygens (including phenoxy) is 1. The van der Waals surface area contributed by atoms with Gasteiger partial charge in [-0.25, -0.2) is 9.18 Å². The highest BCUT2D eigenvalue weighted by atomic mass is 35.5. The van der Waals surface area contributed by atoms with Crippen molar-refractivity contribution >= 4 is 46.8 Å². The van der Waals surface area contributed by atoms with Crippen LogP contribution in [0.1, 0.15) is 15.9 Å². The maximum Gasteiger partial charge on any atom is 0.343 e. The monoisotopic (exact) mass is 427 g/mol. The maximum atomic E-state index is 12.9. The molecule has 0 saturated carbocycles. The summed E-state index contributed by atoms with van der Waals surface area (Å²) in [5, 5.41) is 7.70. The molecule has 0 aliphatic rings. The molecule has 0 atom stereocenters. The number of hydrogen-bond donors (Lipinski definition) is 2. The summed E-state index contributed by atoms with van der Waals surface area (Å²) in [5.74, 6) is -0.441. The molecule has 0 unspecified atom stereocenters. The van der Waals surface area contributed by atoms with Crippen LogP contribution in [0.4, 0.5) is 10.1 Å². The van der Waals surface area contributed by atoms with Gasteiger partial charge in [0.2, 0.25) is 0 Å². The smallest absolute Gasteiger partial charge is 0.343 e. The number of carbonyl (C=O) groups is 1. The molecular weight excluding hydrogens is 413 g/mol. The summed E-state index contributed by atoms with van der Waals surface area (Å²) in [6.45, 7) is 0. The molecular formula is C21H15ClFN3O2S. The Balaban J connectivity index is 1.56. The number of halogens is 2. The van der Waals surface area contributed by atoms with Crippen molar-refractivity contribution in [3.63, 3.8) is 0 Å². The molecule has 3 aromatic rings. The van der Waals surface area contributed by atoms with E-state index in [-0.39, 0.29) is 10.9 Å². The average Bonchev–Trinajstić information content (AvgIpc) is 2.70. The van der Waals surface area contributed by atoms with E-state index in [1.165, 1.54) is 18.3 Å². The number of nitrogens with zero attached hydrogens (tertiary/aromatic N) is 1. The SMILES string of the molecule is O=C(Oc1cccc(/C=N/NC(=S)Nc2ccc(F)cc2)c1)c1ccc(Cl)cc1. The Morgan fingerprint density at radius 3 is 2.52 bits per heavy atom. The van der Waals surface area contributed by atoms with Crippen LogP contribution < -0.4 is 15.5 Å². The van der Waals surface area contributed by atoms with Gasteiger partial charge in [-0.3, -0.25) is 5.43 Å². The van der Waals surface area contributed by atoms with Gasteiger partial charge < -0.3 is 10.1 Å². The van der Waals surface area contributed by atoms with Gasteiger partial charge in [0.05, 0.1) is 11.8 Å². The van der Waals surface area contributed by atoms with Crippen LogP contribution in [0.25, 0.3) is 0 Å². The van der Waals surface area contributed by atoms with E-state index in [0.717, 1.165) is 0 Å². The molecule has 3 rings (SSSR count). The molecule has 0 bridgehead atoms. The zero-order valence-electron chi connectivity index (χ0n) is 14.9. The van der Waals surface area contributed by atoms with Crippen molar-refractivity contribution in [3.05, 3.63) is 94.8 Å². The van der Waals surface area contributed by atoms with Crippen LogP contribution >= 0.6 is 23.8 Å². The maximum absolute atomic E-state index is 12.9. The van der Waals surface area contributed by atoms with Crippen LogP contribution in [0.15, 0.2) is 77.9 Å². The van der Waals surface area contributed by atoms with Gasteiger partial charge in [0.15, 0.2) is 5.11 Å². The van der Waals surface area contributed by atoms with Gasteiger partial charge in [0, 0.05) is 10.7 Å². The molecule has 8 heteroatoms. The summed E-state index contributed by atoms with van der Waals surface area (Å²) in [7, 11) is 0. The third kappa shape index (κ3) is 6.38. The second-order valence-corrected chi connectivity index (χ2v) is 6.64. The largest absolute Gasteiger partial charge is 0.423 e. The minimum absolute atomic E-state index is 0.248. The highest BCUT2D eigenvalue weighted by Gasteiger charge is 2.08. The van der Waals surface area contributed by atoms with Crippen LogP contribution in [0.3, 0.4) is 0 Å². The Morgan fingerprint density at radius 2 is 1.79 bits per heavy atom. The summed E-state index contributed by atoms with van der Waals surface area (Å²) < 4.78 is 18.3. The zero-order valence-corrected chi connectivity index (χ0v) is 16.5. The standard InChI is InChI=1S/C21H15ClFN3O2S/c22-16-6-4-15(5-7-16)20(27)28-19-3-1-2-14(12-19)13-24-26-21(29)25-18-10-8-17(23)9-11-18/h1-13H,(H2,25,26,29)/b24-13+. The van der Waals surface area contributed by atoms with Crippen molar-refractivity contribution in [1.82, 2.24) is 5.43 Å². The Kier molecular flexibility index (Phi) is 6.89.